The number of hydrogen-bond acceptors (Lipinski definition) is 4. The van der Waals surface area contributed by atoms with E-state index in [2.05, 4.69) is 23.1 Å². The summed E-state index contributed by atoms with van der Waals surface area (Å²) in [7, 11) is 1.74. The largest absolute Gasteiger partial charge is 0.497 e. The number of benzene rings is 1. The zero-order valence-electron chi connectivity index (χ0n) is 18.3. The molecule has 3 aliphatic carbocycles. The van der Waals surface area contributed by atoms with Crippen LogP contribution in [0, 0.1) is 5.92 Å². The molecule has 0 aromatic heterocycles. The van der Waals surface area contributed by atoms with Crippen molar-refractivity contribution in [2.45, 2.75) is 74.8 Å². The lowest BCUT2D eigenvalue weighted by molar-refractivity contribution is -0.130. The van der Waals surface area contributed by atoms with Crippen molar-refractivity contribution in [3.63, 3.8) is 0 Å². The van der Waals surface area contributed by atoms with Gasteiger partial charge in [-0.2, -0.15) is 0 Å². The molecule has 2 saturated heterocycles. The summed E-state index contributed by atoms with van der Waals surface area (Å²) in [5.41, 5.74) is 2.28. The molecule has 2 aliphatic heterocycles. The Morgan fingerprint density at radius 1 is 1.13 bits per heavy atom. The van der Waals surface area contributed by atoms with Crippen LogP contribution in [0.15, 0.2) is 18.2 Å². The summed E-state index contributed by atoms with van der Waals surface area (Å²) in [5.74, 6) is 1.83. The lowest BCUT2D eigenvalue weighted by Gasteiger charge is -2.59. The lowest BCUT2D eigenvalue weighted by Crippen LogP contribution is -2.69. The van der Waals surface area contributed by atoms with Crippen LogP contribution in [0.3, 0.4) is 0 Å². The van der Waals surface area contributed by atoms with Crippen LogP contribution in [-0.2, 0) is 16.6 Å². The smallest absolute Gasteiger partial charge is 0.209 e. The maximum atomic E-state index is 11.8. The molecule has 30 heavy (non-hydrogen) atoms. The first-order chi connectivity index (χ1) is 14.6. The van der Waals surface area contributed by atoms with E-state index in [1.54, 1.807) is 12.0 Å². The van der Waals surface area contributed by atoms with Gasteiger partial charge in [-0.25, -0.2) is 0 Å². The maximum absolute atomic E-state index is 11.8. The third-order valence-electron chi connectivity index (χ3n) is 8.53. The number of piperidine rings is 1. The van der Waals surface area contributed by atoms with Gasteiger partial charge in [0.1, 0.15) is 5.75 Å². The van der Waals surface area contributed by atoms with Gasteiger partial charge in [0.2, 0.25) is 6.41 Å². The number of methoxy groups -OCH3 is 1. The summed E-state index contributed by atoms with van der Waals surface area (Å²) in [6.07, 6.45) is 11.5. The van der Waals surface area contributed by atoms with Crippen LogP contribution in [0.2, 0.25) is 0 Å². The highest BCUT2D eigenvalue weighted by atomic mass is 16.5. The number of hydrogen-bond donors (Lipinski definition) is 1. The molecule has 2 bridgehead atoms. The second kappa shape index (κ2) is 7.83. The first-order valence-electron chi connectivity index (χ1n) is 11.9. The van der Waals surface area contributed by atoms with Gasteiger partial charge in [-0.3, -0.25) is 9.69 Å². The number of carbonyl (C=O) groups is 1. The van der Waals surface area contributed by atoms with Gasteiger partial charge in [-0.05, 0) is 93.5 Å². The van der Waals surface area contributed by atoms with Crippen molar-refractivity contribution in [2.24, 2.45) is 5.92 Å². The minimum Gasteiger partial charge on any atom is -0.497 e. The molecule has 1 amide bonds. The van der Waals surface area contributed by atoms with Crippen LogP contribution in [0.1, 0.15) is 62.5 Å². The zero-order valence-corrected chi connectivity index (χ0v) is 18.3. The zero-order chi connectivity index (χ0) is 20.8. The van der Waals surface area contributed by atoms with Crippen LogP contribution in [0.4, 0.5) is 0 Å². The van der Waals surface area contributed by atoms with Crippen molar-refractivity contribution in [3.8, 4) is 5.75 Å². The van der Waals surface area contributed by atoms with Crippen molar-refractivity contribution < 1.29 is 14.6 Å². The summed E-state index contributed by atoms with van der Waals surface area (Å²) < 4.78 is 5.49. The fraction of sp³-hybridized carbons (Fsp3) is 0.720. The predicted molar refractivity (Wildman–Crippen MR) is 117 cm³/mol. The number of carbonyl (C=O) groups excluding carboxylic acids is 1. The van der Waals surface area contributed by atoms with Gasteiger partial charge < -0.3 is 14.7 Å². The molecule has 3 unspecified atom stereocenters. The number of rotatable bonds is 4. The fourth-order valence-corrected chi connectivity index (χ4v) is 6.75. The molecule has 5 nitrogen and oxygen atoms in total. The topological polar surface area (TPSA) is 53.0 Å². The molecule has 1 N–H and O–H groups in total. The van der Waals surface area contributed by atoms with E-state index in [4.69, 9.17) is 4.74 Å². The summed E-state index contributed by atoms with van der Waals surface area (Å²) in [6, 6.07) is 6.88. The molecular formula is C25H36N2O3. The molecule has 2 saturated carbocycles. The van der Waals surface area contributed by atoms with Gasteiger partial charge >= 0.3 is 0 Å². The highest BCUT2D eigenvalue weighted by Gasteiger charge is 2.64. The standard InChI is InChI=1S/C20H27NO2.C5H9NO/c1-23-16-6-5-15-11-18-20(22)8-2-7-19(20,17(15)12-16)9-10-21(18)13-14-3-4-14;7-5-6-3-1-2-4-6/h5-6,12,14,18,22H,2-4,7-11,13H2,1H3;5H,1-4H2. The Bertz CT molecular complexity index is 789. The molecule has 0 spiro atoms. The van der Waals surface area contributed by atoms with Crippen molar-refractivity contribution in [2.75, 3.05) is 33.3 Å². The molecule has 6 rings (SSSR count). The van der Waals surface area contributed by atoms with E-state index >= 15 is 0 Å². The van der Waals surface area contributed by atoms with Gasteiger partial charge in [0, 0.05) is 31.1 Å². The van der Waals surface area contributed by atoms with E-state index < -0.39 is 5.60 Å². The van der Waals surface area contributed by atoms with Crippen molar-refractivity contribution in [3.05, 3.63) is 29.3 Å². The van der Waals surface area contributed by atoms with Gasteiger partial charge in [-0.1, -0.05) is 6.07 Å². The number of nitrogens with zero attached hydrogens (tertiary/aromatic N) is 2. The quantitative estimate of drug-likeness (QED) is 0.772. The third kappa shape index (κ3) is 3.25. The van der Waals surface area contributed by atoms with E-state index in [1.807, 2.05) is 0 Å². The third-order valence-corrected chi connectivity index (χ3v) is 8.53. The number of ether oxygens (including phenoxy) is 1. The molecule has 5 heteroatoms. The Hall–Kier alpha value is -1.59. The molecular weight excluding hydrogens is 376 g/mol. The van der Waals surface area contributed by atoms with Crippen LogP contribution < -0.4 is 4.74 Å². The highest BCUT2D eigenvalue weighted by Crippen LogP contribution is 2.60. The predicted octanol–water partition coefficient (Wildman–Crippen LogP) is 3.13. The Kier molecular flexibility index (Phi) is 5.30. The van der Waals surface area contributed by atoms with E-state index in [1.165, 1.54) is 43.4 Å². The first-order valence-corrected chi connectivity index (χ1v) is 11.9. The second-order valence-corrected chi connectivity index (χ2v) is 10.1. The molecule has 1 aromatic rings. The molecule has 0 radical (unpaired) electrons. The van der Waals surface area contributed by atoms with E-state index in [9.17, 15) is 9.90 Å². The van der Waals surface area contributed by atoms with Crippen LogP contribution in [0.5, 0.6) is 5.75 Å². The summed E-state index contributed by atoms with van der Waals surface area (Å²) in [5, 5.41) is 11.8. The van der Waals surface area contributed by atoms with E-state index in [-0.39, 0.29) is 5.41 Å². The maximum Gasteiger partial charge on any atom is 0.209 e. The average molecular weight is 413 g/mol. The van der Waals surface area contributed by atoms with Crippen molar-refractivity contribution in [1.29, 1.82) is 0 Å². The summed E-state index contributed by atoms with van der Waals surface area (Å²) in [6.45, 7) is 4.31. The molecule has 4 fully saturated rings. The van der Waals surface area contributed by atoms with Crippen LogP contribution in [-0.4, -0.2) is 66.2 Å². The van der Waals surface area contributed by atoms with Gasteiger partial charge in [0.05, 0.1) is 12.7 Å². The molecule has 2 heterocycles. The molecule has 1 aromatic carbocycles. The average Bonchev–Trinajstić information content (AvgIpc) is 3.26. The van der Waals surface area contributed by atoms with Crippen molar-refractivity contribution in [1.82, 2.24) is 9.80 Å². The van der Waals surface area contributed by atoms with Gasteiger partial charge in [0.15, 0.2) is 0 Å². The summed E-state index contributed by atoms with van der Waals surface area (Å²) in [4.78, 5) is 14.4. The monoisotopic (exact) mass is 412 g/mol. The fourth-order valence-electron chi connectivity index (χ4n) is 6.75. The SMILES string of the molecule is COc1ccc2c(c1)C13CCCC1(O)C(C2)N(CC1CC1)CC3.O=CN1CCCC1. The molecule has 3 atom stereocenters. The normalized spacial score (nSPS) is 34.6. The van der Waals surface area contributed by atoms with Gasteiger partial charge in [-0.15, -0.1) is 0 Å². The number of aliphatic hydroxyl groups is 1. The molecule has 5 aliphatic rings. The summed E-state index contributed by atoms with van der Waals surface area (Å²) >= 11 is 0. The number of likely N-dealkylation sites (tertiary alicyclic amines) is 2. The Morgan fingerprint density at radius 3 is 2.60 bits per heavy atom. The Labute approximate surface area is 180 Å². The Balaban J connectivity index is 0.000000236. The Morgan fingerprint density at radius 2 is 1.93 bits per heavy atom. The van der Waals surface area contributed by atoms with Crippen LogP contribution >= 0.6 is 0 Å². The number of amides is 1. The first kappa shape index (κ1) is 20.3. The van der Waals surface area contributed by atoms with Gasteiger partial charge in [0.25, 0.3) is 0 Å². The molecule has 164 valence electrons. The van der Waals surface area contributed by atoms with E-state index in [0.717, 1.165) is 69.8 Å². The lowest BCUT2D eigenvalue weighted by atomic mass is 9.56. The minimum atomic E-state index is -0.528. The van der Waals surface area contributed by atoms with E-state index in [0.29, 0.717) is 6.04 Å². The van der Waals surface area contributed by atoms with Crippen LogP contribution in [0.25, 0.3) is 0 Å². The second-order valence-electron chi connectivity index (χ2n) is 10.1. The van der Waals surface area contributed by atoms with Crippen molar-refractivity contribution >= 4 is 6.41 Å². The number of fused-ring (bicyclic) bond motifs is 1. The highest BCUT2D eigenvalue weighted by molar-refractivity contribution is 5.49. The minimum absolute atomic E-state index is 0.0279.